The Bertz CT molecular complexity index is 1260. The van der Waals surface area contributed by atoms with E-state index in [4.69, 9.17) is 4.98 Å². The first-order valence-electron chi connectivity index (χ1n) is 11.2. The van der Waals surface area contributed by atoms with Crippen molar-refractivity contribution in [1.29, 1.82) is 0 Å². The Hall–Kier alpha value is -2.49. The summed E-state index contributed by atoms with van der Waals surface area (Å²) in [7, 11) is -0.598. The van der Waals surface area contributed by atoms with Crippen LogP contribution in [0.1, 0.15) is 52.3 Å². The number of nitrogens with one attached hydrogen (secondary N) is 1. The number of aromatic nitrogens is 4. The molecule has 0 saturated heterocycles. The number of aromatic amines is 1. The molecule has 3 aromatic rings. The van der Waals surface area contributed by atoms with Crippen molar-refractivity contribution in [3.8, 4) is 0 Å². The van der Waals surface area contributed by atoms with Crippen LogP contribution in [0.3, 0.4) is 0 Å². The van der Waals surface area contributed by atoms with Crippen molar-refractivity contribution in [2.75, 3.05) is 11.4 Å². The van der Waals surface area contributed by atoms with E-state index in [2.05, 4.69) is 30.3 Å². The summed E-state index contributed by atoms with van der Waals surface area (Å²) in [6.07, 6.45) is 4.05. The highest BCUT2D eigenvalue weighted by Gasteiger charge is 2.36. The number of H-pyrrole nitrogens is 1. The second-order valence-electron chi connectivity index (χ2n) is 10.1. The lowest BCUT2D eigenvalue weighted by Crippen LogP contribution is -2.39. The van der Waals surface area contributed by atoms with Crippen molar-refractivity contribution in [2.24, 2.45) is 13.0 Å². The van der Waals surface area contributed by atoms with E-state index in [0.29, 0.717) is 30.6 Å². The van der Waals surface area contributed by atoms with Crippen molar-refractivity contribution in [1.82, 2.24) is 14.5 Å². The maximum absolute atomic E-state index is 13.6. The smallest absolute Gasteiger partial charge is 0.327 e. The molecule has 2 heterocycles. The molecule has 0 spiro atoms. The minimum absolute atomic E-state index is 0.0713. The minimum Gasteiger partial charge on any atom is -0.327 e. The standard InChI is InChI=1S/C23H31F2N5O2S/c1-22(2,3)20-27-18-14-17(29(5)33(31,32)21-26-12-13-28(21)4)6-7-19(18)30(20)15-16-8-10-23(24,25)11-9-16/h6-7,12-14,16H,8-11,15H2,1-5H3/p+1. The third kappa shape index (κ3) is 4.49. The number of anilines is 1. The third-order valence-electron chi connectivity index (χ3n) is 6.47. The summed E-state index contributed by atoms with van der Waals surface area (Å²) in [5, 5.41) is 0.0834. The summed E-state index contributed by atoms with van der Waals surface area (Å²) in [5.74, 6) is -1.52. The maximum atomic E-state index is 13.6. The van der Waals surface area contributed by atoms with Crippen LogP contribution in [0.15, 0.2) is 35.7 Å². The quantitative estimate of drug-likeness (QED) is 0.558. The van der Waals surface area contributed by atoms with E-state index in [0.717, 1.165) is 11.3 Å². The van der Waals surface area contributed by atoms with Crippen LogP contribution in [0.25, 0.3) is 11.0 Å². The number of benzene rings is 1. The molecule has 0 atom stereocenters. The predicted molar refractivity (Wildman–Crippen MR) is 123 cm³/mol. The van der Waals surface area contributed by atoms with Crippen LogP contribution in [-0.4, -0.2) is 35.9 Å². The highest BCUT2D eigenvalue weighted by molar-refractivity contribution is 7.92. The Morgan fingerprint density at radius 3 is 2.52 bits per heavy atom. The van der Waals surface area contributed by atoms with Gasteiger partial charge in [-0.05, 0) is 37.0 Å². The highest BCUT2D eigenvalue weighted by Crippen LogP contribution is 2.38. The van der Waals surface area contributed by atoms with E-state index in [1.165, 1.54) is 15.9 Å². The van der Waals surface area contributed by atoms with E-state index in [1.54, 1.807) is 31.6 Å². The fourth-order valence-electron chi connectivity index (χ4n) is 4.53. The summed E-state index contributed by atoms with van der Waals surface area (Å²) < 4.78 is 58.3. The molecule has 0 amide bonds. The second-order valence-corrected chi connectivity index (χ2v) is 12.0. The normalized spacial score (nSPS) is 17.5. The number of aryl methyl sites for hydroxylation is 1. The number of halogens is 2. The molecule has 1 saturated carbocycles. The average Bonchev–Trinajstić information content (AvgIpc) is 3.32. The second kappa shape index (κ2) is 8.07. The van der Waals surface area contributed by atoms with Crippen LogP contribution in [0.5, 0.6) is 0 Å². The lowest BCUT2D eigenvalue weighted by Gasteiger charge is -2.30. The molecule has 10 heteroatoms. The summed E-state index contributed by atoms with van der Waals surface area (Å²) >= 11 is 0. The summed E-state index contributed by atoms with van der Waals surface area (Å²) in [6, 6.07) is 5.42. The Morgan fingerprint density at radius 1 is 1.27 bits per heavy atom. The van der Waals surface area contributed by atoms with Gasteiger partial charge in [0.2, 0.25) is 5.92 Å². The van der Waals surface area contributed by atoms with Gasteiger partial charge in [0, 0.05) is 31.8 Å². The fraction of sp³-hybridized carbons (Fsp3) is 0.565. The van der Waals surface area contributed by atoms with Gasteiger partial charge in [-0.2, -0.15) is 8.42 Å². The molecular weight excluding hydrogens is 448 g/mol. The Balaban J connectivity index is 1.71. The van der Waals surface area contributed by atoms with Crippen LogP contribution in [-0.2, 0) is 29.0 Å². The Kier molecular flexibility index (Phi) is 5.79. The minimum atomic E-state index is -3.78. The van der Waals surface area contributed by atoms with E-state index in [9.17, 15) is 17.2 Å². The Labute approximate surface area is 193 Å². The van der Waals surface area contributed by atoms with Crippen LogP contribution in [0.2, 0.25) is 0 Å². The molecule has 1 N–H and O–H groups in total. The Morgan fingerprint density at radius 2 is 1.94 bits per heavy atom. The van der Waals surface area contributed by atoms with Crippen molar-refractivity contribution < 1.29 is 21.8 Å². The molecule has 2 aromatic heterocycles. The van der Waals surface area contributed by atoms with Crippen LogP contribution < -0.4 is 8.87 Å². The first kappa shape index (κ1) is 23.7. The number of fused-ring (bicyclic) bond motifs is 1. The maximum Gasteiger partial charge on any atom is 0.394 e. The zero-order valence-corrected chi connectivity index (χ0v) is 20.6. The van der Waals surface area contributed by atoms with E-state index >= 15 is 0 Å². The summed E-state index contributed by atoms with van der Waals surface area (Å²) in [4.78, 5) is 7.64. The van der Waals surface area contributed by atoms with Gasteiger partial charge in [0.25, 0.3) is 0 Å². The summed E-state index contributed by atoms with van der Waals surface area (Å²) in [6.45, 7) is 6.85. The van der Waals surface area contributed by atoms with Gasteiger partial charge >= 0.3 is 15.2 Å². The topological polar surface area (TPSA) is 74.9 Å². The SMILES string of the molecule is CN(c1ccc2c(c1)nc(C(C)(C)C)n2CC1CCC(F)(F)CC1)S(=O)(=O)c1[nH]cc[n+]1C. The number of nitrogens with zero attached hydrogens (tertiary/aromatic N) is 4. The molecule has 1 aliphatic rings. The first-order chi connectivity index (χ1) is 15.3. The van der Waals surface area contributed by atoms with Gasteiger partial charge in [-0.1, -0.05) is 20.8 Å². The first-order valence-corrected chi connectivity index (χ1v) is 12.6. The van der Waals surface area contributed by atoms with Crippen molar-refractivity contribution >= 4 is 26.7 Å². The monoisotopic (exact) mass is 480 g/mol. The molecule has 33 heavy (non-hydrogen) atoms. The average molecular weight is 481 g/mol. The van der Waals surface area contributed by atoms with Gasteiger partial charge in [-0.3, -0.25) is 4.31 Å². The van der Waals surface area contributed by atoms with Gasteiger partial charge in [-0.15, -0.1) is 0 Å². The van der Waals surface area contributed by atoms with Gasteiger partial charge in [0.1, 0.15) is 18.2 Å². The van der Waals surface area contributed by atoms with Crippen LogP contribution in [0.4, 0.5) is 14.5 Å². The van der Waals surface area contributed by atoms with Gasteiger partial charge < -0.3 is 4.57 Å². The van der Waals surface area contributed by atoms with Gasteiger partial charge in [0.15, 0.2) is 0 Å². The number of imidazole rings is 2. The molecule has 180 valence electrons. The van der Waals surface area contributed by atoms with E-state index in [1.807, 2.05) is 6.07 Å². The van der Waals surface area contributed by atoms with Gasteiger partial charge in [0.05, 0.1) is 23.8 Å². The lowest BCUT2D eigenvalue weighted by molar-refractivity contribution is -0.708. The van der Waals surface area contributed by atoms with Crippen LogP contribution in [0, 0.1) is 5.92 Å². The van der Waals surface area contributed by atoms with Crippen molar-refractivity contribution in [3.05, 3.63) is 36.4 Å². The molecule has 0 aliphatic heterocycles. The molecule has 0 unspecified atom stereocenters. The highest BCUT2D eigenvalue weighted by atomic mass is 32.2. The molecule has 7 nitrogen and oxygen atoms in total. The van der Waals surface area contributed by atoms with E-state index in [-0.39, 0.29) is 29.3 Å². The lowest BCUT2D eigenvalue weighted by atomic mass is 9.86. The molecule has 1 aromatic carbocycles. The number of alkyl halides is 2. The van der Waals surface area contributed by atoms with E-state index < -0.39 is 15.9 Å². The zero-order valence-electron chi connectivity index (χ0n) is 19.8. The number of hydrogen-bond donors (Lipinski definition) is 1. The zero-order chi connectivity index (χ0) is 24.2. The molecule has 0 bridgehead atoms. The van der Waals surface area contributed by atoms with Gasteiger partial charge in [-0.25, -0.2) is 23.3 Å². The third-order valence-corrected chi connectivity index (χ3v) is 8.30. The molecular formula is C23H32F2N5O2S+. The van der Waals surface area contributed by atoms with Crippen molar-refractivity contribution in [2.45, 2.75) is 69.5 Å². The molecule has 1 fully saturated rings. The van der Waals surface area contributed by atoms with Crippen LogP contribution >= 0.6 is 0 Å². The van der Waals surface area contributed by atoms with Crippen molar-refractivity contribution in [3.63, 3.8) is 0 Å². The number of sulfonamides is 1. The number of hydrogen-bond acceptors (Lipinski definition) is 3. The number of rotatable bonds is 5. The largest absolute Gasteiger partial charge is 0.394 e. The predicted octanol–water partition coefficient (Wildman–Crippen LogP) is 4.14. The molecule has 1 aliphatic carbocycles. The molecule has 0 radical (unpaired) electrons. The summed E-state index contributed by atoms with van der Waals surface area (Å²) in [5.41, 5.74) is 1.82. The fourth-order valence-corrected chi connectivity index (χ4v) is 5.82. The molecule has 4 rings (SSSR count).